The van der Waals surface area contributed by atoms with Gasteiger partial charge in [0.1, 0.15) is 0 Å². The number of benzene rings is 2. The van der Waals surface area contributed by atoms with Crippen molar-refractivity contribution in [3.63, 3.8) is 0 Å². The first-order chi connectivity index (χ1) is 15.9. The number of carbonyl (C=O) groups is 1. The molecule has 5 rings (SSSR count). The molecule has 1 fully saturated rings. The molecule has 0 bridgehead atoms. The van der Waals surface area contributed by atoms with Crippen LogP contribution in [0.4, 0.5) is 5.69 Å². The van der Waals surface area contributed by atoms with Crippen LogP contribution in [0.5, 0.6) is 0 Å². The van der Waals surface area contributed by atoms with Crippen molar-refractivity contribution in [3.8, 4) is 11.4 Å². The smallest absolute Gasteiger partial charge is 0.316 e. The molecule has 9 heteroatoms. The summed E-state index contributed by atoms with van der Waals surface area (Å²) in [5.74, 6) is 0.575. The largest absolute Gasteiger partial charge is 0.339 e. The number of nitrogens with zero attached hydrogens (tertiary/aromatic N) is 4. The third-order valence-corrected chi connectivity index (χ3v) is 6.27. The van der Waals surface area contributed by atoms with Gasteiger partial charge in [-0.15, -0.1) is 0 Å². The molecule has 1 aliphatic heterocycles. The monoisotopic (exact) mass is 445 g/mol. The highest BCUT2D eigenvalue weighted by Gasteiger charge is 2.35. The molecule has 2 aromatic carbocycles. The predicted molar refractivity (Wildman–Crippen MR) is 123 cm³/mol. The molecular weight excluding hydrogens is 422 g/mol. The molecule has 1 saturated heterocycles. The summed E-state index contributed by atoms with van der Waals surface area (Å²) in [6.07, 6.45) is 0.294. The van der Waals surface area contributed by atoms with Gasteiger partial charge in [-0.2, -0.15) is 4.98 Å². The molecule has 0 spiro atoms. The molecule has 1 N–H and O–H groups in total. The van der Waals surface area contributed by atoms with Gasteiger partial charge in [0.2, 0.25) is 17.6 Å². The Hall–Kier alpha value is -4.01. The van der Waals surface area contributed by atoms with E-state index in [9.17, 15) is 14.4 Å². The summed E-state index contributed by atoms with van der Waals surface area (Å²) >= 11 is 0. The van der Waals surface area contributed by atoms with Crippen molar-refractivity contribution in [2.45, 2.75) is 39.7 Å². The van der Waals surface area contributed by atoms with Crippen LogP contribution in [0, 0.1) is 13.8 Å². The van der Waals surface area contributed by atoms with Crippen LogP contribution in [-0.2, 0) is 11.3 Å². The van der Waals surface area contributed by atoms with Gasteiger partial charge in [-0.1, -0.05) is 11.2 Å². The van der Waals surface area contributed by atoms with Gasteiger partial charge in [-0.25, -0.2) is 0 Å². The lowest BCUT2D eigenvalue weighted by molar-refractivity contribution is -0.117. The third-order valence-electron chi connectivity index (χ3n) is 6.27. The summed E-state index contributed by atoms with van der Waals surface area (Å²) in [7, 11) is 0. The zero-order valence-electron chi connectivity index (χ0n) is 18.6. The lowest BCUT2D eigenvalue weighted by Crippen LogP contribution is -2.35. The normalized spacial score (nSPS) is 16.2. The molecule has 4 aromatic rings. The van der Waals surface area contributed by atoms with E-state index in [1.54, 1.807) is 23.1 Å². The number of aryl methyl sites for hydroxylation is 3. The van der Waals surface area contributed by atoms with E-state index in [0.717, 1.165) is 11.3 Å². The van der Waals surface area contributed by atoms with E-state index in [-0.39, 0.29) is 11.8 Å². The van der Waals surface area contributed by atoms with E-state index >= 15 is 0 Å². The Morgan fingerprint density at radius 2 is 1.91 bits per heavy atom. The Labute approximate surface area is 188 Å². The second kappa shape index (κ2) is 7.84. The fourth-order valence-electron chi connectivity index (χ4n) is 4.27. The number of rotatable bonds is 4. The summed E-state index contributed by atoms with van der Waals surface area (Å²) < 4.78 is 6.93. The lowest BCUT2D eigenvalue weighted by atomic mass is 10.1. The Kier molecular flexibility index (Phi) is 4.96. The van der Waals surface area contributed by atoms with Gasteiger partial charge in [0.05, 0.1) is 17.0 Å². The number of anilines is 1. The van der Waals surface area contributed by atoms with Crippen LogP contribution in [0.1, 0.15) is 36.3 Å². The number of carbonyl (C=O) groups excluding carboxylic acids is 1. The fraction of sp³-hybridized carbons (Fsp3) is 0.292. The topological polar surface area (TPSA) is 114 Å². The zero-order valence-corrected chi connectivity index (χ0v) is 18.6. The predicted octanol–water partition coefficient (Wildman–Crippen LogP) is 2.90. The van der Waals surface area contributed by atoms with Crippen LogP contribution in [0.15, 0.2) is 50.5 Å². The molecule has 2 aromatic heterocycles. The van der Waals surface area contributed by atoms with Gasteiger partial charge >= 0.3 is 11.1 Å². The van der Waals surface area contributed by atoms with E-state index in [2.05, 4.69) is 15.1 Å². The molecule has 1 atom stereocenters. The second-order valence-corrected chi connectivity index (χ2v) is 8.37. The number of hydrogen-bond acceptors (Lipinski definition) is 6. The summed E-state index contributed by atoms with van der Waals surface area (Å²) in [4.78, 5) is 45.6. The van der Waals surface area contributed by atoms with Crippen molar-refractivity contribution in [2.24, 2.45) is 0 Å². The number of hydrogen-bond donors (Lipinski definition) is 1. The van der Waals surface area contributed by atoms with E-state index in [0.29, 0.717) is 47.8 Å². The van der Waals surface area contributed by atoms with Crippen molar-refractivity contribution in [2.75, 3.05) is 11.4 Å². The van der Waals surface area contributed by atoms with Crippen molar-refractivity contribution in [1.82, 2.24) is 19.7 Å². The number of aromatic amines is 1. The summed E-state index contributed by atoms with van der Waals surface area (Å²) in [6, 6.07) is 11.2. The Morgan fingerprint density at radius 1 is 1.09 bits per heavy atom. The van der Waals surface area contributed by atoms with Crippen molar-refractivity contribution < 1.29 is 9.32 Å². The fourth-order valence-corrected chi connectivity index (χ4v) is 4.27. The van der Waals surface area contributed by atoms with E-state index in [1.807, 2.05) is 39.0 Å². The molecule has 3 heterocycles. The quantitative estimate of drug-likeness (QED) is 0.483. The third kappa shape index (κ3) is 3.55. The van der Waals surface area contributed by atoms with E-state index in [4.69, 9.17) is 4.52 Å². The molecule has 1 amide bonds. The Bertz CT molecular complexity index is 1510. The maximum absolute atomic E-state index is 12.7. The summed E-state index contributed by atoms with van der Waals surface area (Å²) in [6.45, 7) is 6.73. The van der Waals surface area contributed by atoms with Crippen molar-refractivity contribution in [3.05, 3.63) is 74.1 Å². The van der Waals surface area contributed by atoms with Gasteiger partial charge < -0.3 is 19.0 Å². The highest BCUT2D eigenvalue weighted by atomic mass is 16.5. The lowest BCUT2D eigenvalue weighted by Gasteiger charge is -2.17. The van der Waals surface area contributed by atoms with E-state index < -0.39 is 11.1 Å². The van der Waals surface area contributed by atoms with Crippen LogP contribution in [0.2, 0.25) is 0 Å². The van der Waals surface area contributed by atoms with Gasteiger partial charge in [0.15, 0.2) is 0 Å². The van der Waals surface area contributed by atoms with Crippen LogP contribution in [-0.4, -0.2) is 32.1 Å². The zero-order chi connectivity index (χ0) is 23.3. The minimum absolute atomic E-state index is 0.0174. The summed E-state index contributed by atoms with van der Waals surface area (Å²) in [5.41, 5.74) is 3.70. The number of nitrogens with one attached hydrogen (secondary N) is 1. The molecular formula is C24H23N5O4. The first-order valence-electron chi connectivity index (χ1n) is 10.8. The summed E-state index contributed by atoms with van der Waals surface area (Å²) in [5, 5.41) is 4.09. The van der Waals surface area contributed by atoms with Gasteiger partial charge in [-0.05, 0) is 62.2 Å². The van der Waals surface area contributed by atoms with Gasteiger partial charge in [-0.3, -0.25) is 14.4 Å². The maximum atomic E-state index is 12.7. The average Bonchev–Trinajstić information content (AvgIpc) is 3.43. The molecule has 1 aliphatic rings. The number of H-pyrrole nitrogens is 1. The van der Waals surface area contributed by atoms with Gasteiger partial charge in [0, 0.05) is 30.8 Å². The Balaban J connectivity index is 1.43. The SMILES string of the molecule is CCn1c(=O)c(=O)[nH]c2cc(-c3noc(C4CC(=O)N(c5ccc(C)c(C)c5)C4)n3)ccc21. The van der Waals surface area contributed by atoms with Gasteiger partial charge in [0.25, 0.3) is 0 Å². The number of amides is 1. The highest BCUT2D eigenvalue weighted by Crippen LogP contribution is 2.33. The van der Waals surface area contributed by atoms with Crippen molar-refractivity contribution in [1.29, 1.82) is 0 Å². The molecule has 0 saturated carbocycles. The maximum Gasteiger partial charge on any atom is 0.316 e. The van der Waals surface area contributed by atoms with Crippen LogP contribution < -0.4 is 16.0 Å². The Morgan fingerprint density at radius 3 is 2.67 bits per heavy atom. The molecule has 33 heavy (non-hydrogen) atoms. The molecule has 0 aliphatic carbocycles. The highest BCUT2D eigenvalue weighted by molar-refractivity contribution is 5.96. The molecule has 168 valence electrons. The average molecular weight is 445 g/mol. The first-order valence-corrected chi connectivity index (χ1v) is 10.8. The minimum atomic E-state index is -0.675. The number of aromatic nitrogens is 4. The molecule has 1 unspecified atom stereocenters. The minimum Gasteiger partial charge on any atom is -0.339 e. The standard InChI is InChI=1S/C24H23N5O4/c1-4-28-19-8-6-15(10-18(19)25-22(31)24(28)32)21-26-23(33-27-21)16-11-20(30)29(12-16)17-7-5-13(2)14(3)9-17/h5-10,16H,4,11-12H2,1-3H3,(H,25,31). The molecule has 0 radical (unpaired) electrons. The van der Waals surface area contributed by atoms with Crippen molar-refractivity contribution >= 4 is 22.6 Å². The first kappa shape index (κ1) is 20.9. The number of fused-ring (bicyclic) bond motifs is 1. The van der Waals surface area contributed by atoms with Crippen LogP contribution >= 0.6 is 0 Å². The second-order valence-electron chi connectivity index (χ2n) is 8.37. The van der Waals surface area contributed by atoms with Crippen LogP contribution in [0.3, 0.4) is 0 Å². The van der Waals surface area contributed by atoms with Crippen LogP contribution in [0.25, 0.3) is 22.4 Å². The van der Waals surface area contributed by atoms with E-state index in [1.165, 1.54) is 10.1 Å². The molecule has 9 nitrogen and oxygen atoms in total.